The predicted molar refractivity (Wildman–Crippen MR) is 122 cm³/mol. The Bertz CT molecular complexity index is 1340. The number of hydrogen-bond donors (Lipinski definition) is 1. The van der Waals surface area contributed by atoms with Crippen molar-refractivity contribution in [2.24, 2.45) is 5.92 Å². The van der Waals surface area contributed by atoms with Gasteiger partial charge in [-0.25, -0.2) is 8.78 Å². The van der Waals surface area contributed by atoms with Crippen LogP contribution in [0.5, 0.6) is 0 Å². The highest BCUT2D eigenvalue weighted by Crippen LogP contribution is 2.28. The van der Waals surface area contributed by atoms with E-state index >= 15 is 0 Å². The Morgan fingerprint density at radius 3 is 2.79 bits per heavy atom. The molecular formula is C24H24F2N6O2. The van der Waals surface area contributed by atoms with E-state index in [1.165, 1.54) is 35.4 Å². The first kappa shape index (κ1) is 22.0. The summed E-state index contributed by atoms with van der Waals surface area (Å²) in [5.41, 5.74) is 1.93. The molecule has 0 spiro atoms. The zero-order chi connectivity index (χ0) is 23.8. The molecule has 34 heavy (non-hydrogen) atoms. The van der Waals surface area contributed by atoms with Crippen LogP contribution in [-0.4, -0.2) is 49.9 Å². The molecule has 0 aliphatic carbocycles. The van der Waals surface area contributed by atoms with Crippen LogP contribution in [0.25, 0.3) is 16.8 Å². The highest BCUT2D eigenvalue weighted by atomic mass is 19.1. The van der Waals surface area contributed by atoms with Gasteiger partial charge < -0.3 is 14.6 Å². The highest BCUT2D eigenvalue weighted by Gasteiger charge is 2.34. The van der Waals surface area contributed by atoms with E-state index in [1.807, 2.05) is 0 Å². The molecule has 0 bridgehead atoms. The molecule has 1 saturated heterocycles. The summed E-state index contributed by atoms with van der Waals surface area (Å²) < 4.78 is 33.6. The van der Waals surface area contributed by atoms with E-state index < -0.39 is 11.6 Å². The van der Waals surface area contributed by atoms with Gasteiger partial charge in [0.2, 0.25) is 0 Å². The lowest BCUT2D eigenvalue weighted by Crippen LogP contribution is -2.51. The molecule has 1 aliphatic heterocycles. The van der Waals surface area contributed by atoms with Crippen LogP contribution in [0.2, 0.25) is 0 Å². The maximum absolute atomic E-state index is 14.5. The molecule has 1 aliphatic rings. The second-order valence-corrected chi connectivity index (χ2v) is 8.63. The highest BCUT2D eigenvalue weighted by molar-refractivity contribution is 5.98. The average Bonchev–Trinajstić information content (AvgIpc) is 3.49. The average molecular weight is 466 g/mol. The zero-order valence-electron chi connectivity index (χ0n) is 18.8. The van der Waals surface area contributed by atoms with Crippen molar-refractivity contribution < 1.29 is 18.0 Å². The molecule has 1 fully saturated rings. The predicted octanol–water partition coefficient (Wildman–Crippen LogP) is 4.35. The van der Waals surface area contributed by atoms with E-state index in [0.29, 0.717) is 35.4 Å². The van der Waals surface area contributed by atoms with Crippen molar-refractivity contribution in [3.05, 3.63) is 65.5 Å². The molecule has 1 amide bonds. The van der Waals surface area contributed by atoms with Crippen LogP contribution in [0.4, 0.5) is 14.8 Å². The molecule has 176 valence electrons. The number of benzene rings is 2. The number of hydrogen-bond acceptors (Lipinski definition) is 6. The minimum absolute atomic E-state index is 0.184. The Labute approximate surface area is 194 Å². The normalized spacial score (nSPS) is 18.4. The number of aryl methyl sites for hydroxylation is 1. The fraction of sp³-hybridized carbons (Fsp3) is 0.333. The number of halogens is 2. The number of anilines is 1. The first-order chi connectivity index (χ1) is 16.4. The largest absolute Gasteiger partial charge is 0.423 e. The van der Waals surface area contributed by atoms with Crippen LogP contribution in [0.1, 0.15) is 35.7 Å². The summed E-state index contributed by atoms with van der Waals surface area (Å²) in [4.78, 5) is 21.1. The number of carbonyl (C=O) groups excluding carboxylic acids is 1. The number of oxazole rings is 1. The van der Waals surface area contributed by atoms with Gasteiger partial charge in [-0.2, -0.15) is 20.0 Å². The molecule has 4 aromatic rings. The van der Waals surface area contributed by atoms with Crippen LogP contribution in [-0.2, 0) is 0 Å². The van der Waals surface area contributed by atoms with Crippen molar-refractivity contribution in [3.8, 4) is 5.69 Å². The van der Waals surface area contributed by atoms with Crippen molar-refractivity contribution in [1.82, 2.24) is 24.9 Å². The van der Waals surface area contributed by atoms with Gasteiger partial charge in [-0.05, 0) is 55.5 Å². The van der Waals surface area contributed by atoms with Crippen LogP contribution in [0.15, 0.2) is 47.1 Å². The van der Waals surface area contributed by atoms with Gasteiger partial charge in [0.05, 0.1) is 29.7 Å². The number of rotatable bonds is 5. The monoisotopic (exact) mass is 466 g/mol. The van der Waals surface area contributed by atoms with Crippen LogP contribution in [0.3, 0.4) is 0 Å². The lowest BCUT2D eigenvalue weighted by Gasteiger charge is -2.40. The van der Waals surface area contributed by atoms with Crippen LogP contribution < -0.4 is 5.32 Å². The molecule has 2 atom stereocenters. The van der Waals surface area contributed by atoms with E-state index in [2.05, 4.69) is 27.4 Å². The van der Waals surface area contributed by atoms with Crippen LogP contribution in [0, 0.1) is 24.5 Å². The molecular weight excluding hydrogens is 442 g/mol. The number of nitrogens with zero attached hydrogens (tertiary/aromatic N) is 5. The first-order valence-corrected chi connectivity index (χ1v) is 11.2. The van der Waals surface area contributed by atoms with E-state index in [0.717, 1.165) is 12.8 Å². The molecule has 3 heterocycles. The number of amides is 1. The molecule has 0 saturated carbocycles. The lowest BCUT2D eigenvalue weighted by atomic mass is 9.90. The number of carbonyl (C=O) groups is 1. The Kier molecular flexibility index (Phi) is 5.72. The number of aromatic nitrogens is 4. The fourth-order valence-electron chi connectivity index (χ4n) is 4.48. The van der Waals surface area contributed by atoms with Crippen LogP contribution >= 0.6 is 0 Å². The Morgan fingerprint density at radius 2 is 2.00 bits per heavy atom. The minimum atomic E-state index is -0.460. The summed E-state index contributed by atoms with van der Waals surface area (Å²) in [6, 6.07) is 7.07. The first-order valence-electron chi connectivity index (χ1n) is 11.2. The molecule has 0 radical (unpaired) electrons. The van der Waals surface area contributed by atoms with Crippen molar-refractivity contribution in [1.29, 1.82) is 0 Å². The molecule has 2 aromatic carbocycles. The van der Waals surface area contributed by atoms with Gasteiger partial charge in [-0.15, -0.1) is 0 Å². The Hall–Kier alpha value is -3.82. The Morgan fingerprint density at radius 1 is 1.21 bits per heavy atom. The van der Waals surface area contributed by atoms with Gasteiger partial charge in [0, 0.05) is 19.2 Å². The maximum atomic E-state index is 14.5. The third-order valence-corrected chi connectivity index (χ3v) is 6.33. The molecule has 2 unspecified atom stereocenters. The van der Waals surface area contributed by atoms with E-state index in [4.69, 9.17) is 4.42 Å². The molecule has 8 nitrogen and oxygen atoms in total. The number of piperidine rings is 1. The van der Waals surface area contributed by atoms with Gasteiger partial charge in [-0.3, -0.25) is 4.79 Å². The van der Waals surface area contributed by atoms with Crippen molar-refractivity contribution >= 4 is 23.0 Å². The van der Waals surface area contributed by atoms with Crippen molar-refractivity contribution in [2.75, 3.05) is 18.4 Å². The van der Waals surface area contributed by atoms with Crippen molar-refractivity contribution in [2.45, 2.75) is 32.7 Å². The molecule has 1 N–H and O–H groups in total. The quantitative estimate of drug-likeness (QED) is 0.471. The fourth-order valence-corrected chi connectivity index (χ4v) is 4.48. The lowest BCUT2D eigenvalue weighted by molar-refractivity contribution is 0.0538. The number of fused-ring (bicyclic) bond motifs is 1. The third-order valence-electron chi connectivity index (χ3n) is 6.33. The van der Waals surface area contributed by atoms with E-state index in [-0.39, 0.29) is 29.4 Å². The second-order valence-electron chi connectivity index (χ2n) is 8.63. The topological polar surface area (TPSA) is 89.1 Å². The Balaban J connectivity index is 1.42. The number of nitrogens with one attached hydrogen (secondary N) is 1. The summed E-state index contributed by atoms with van der Waals surface area (Å²) in [5, 5.41) is 11.4. The molecule has 2 aromatic heterocycles. The maximum Gasteiger partial charge on any atom is 0.295 e. The van der Waals surface area contributed by atoms with Gasteiger partial charge in [0.15, 0.2) is 5.58 Å². The summed E-state index contributed by atoms with van der Waals surface area (Å²) in [5.74, 6) is -0.962. The standard InChI is InChI=1S/C24H24F2N6O2/c1-14-4-3-9-31(21(14)13-27-24-30-19-6-5-16(25)11-22(19)34-24)23(33)17-12-18(26)15(2)10-20(17)32-28-7-8-29-32/h5-8,10-12,14,21H,3-4,9,13H2,1-2H3,(H,27,30). The zero-order valence-corrected chi connectivity index (χ0v) is 18.8. The number of likely N-dealkylation sites (tertiary alicyclic amines) is 1. The molecule has 5 rings (SSSR count). The van der Waals surface area contributed by atoms with E-state index in [9.17, 15) is 13.6 Å². The van der Waals surface area contributed by atoms with Gasteiger partial charge in [-0.1, -0.05) is 6.92 Å². The summed E-state index contributed by atoms with van der Waals surface area (Å²) in [7, 11) is 0. The van der Waals surface area contributed by atoms with Gasteiger partial charge >= 0.3 is 0 Å². The second kappa shape index (κ2) is 8.85. The summed E-state index contributed by atoms with van der Waals surface area (Å²) in [6.45, 7) is 4.64. The molecule has 10 heteroatoms. The summed E-state index contributed by atoms with van der Waals surface area (Å²) >= 11 is 0. The van der Waals surface area contributed by atoms with Gasteiger partial charge in [0.1, 0.15) is 17.2 Å². The SMILES string of the molecule is Cc1cc(-n2nccn2)c(C(=O)N2CCCC(C)C2CNc2nc3ccc(F)cc3o2)cc1F. The van der Waals surface area contributed by atoms with Crippen molar-refractivity contribution in [3.63, 3.8) is 0 Å². The smallest absolute Gasteiger partial charge is 0.295 e. The van der Waals surface area contributed by atoms with E-state index in [1.54, 1.807) is 24.0 Å². The minimum Gasteiger partial charge on any atom is -0.423 e. The third kappa shape index (κ3) is 4.11. The summed E-state index contributed by atoms with van der Waals surface area (Å²) in [6.07, 6.45) is 4.81. The van der Waals surface area contributed by atoms with Gasteiger partial charge in [0.25, 0.3) is 11.9 Å².